The highest BCUT2D eigenvalue weighted by Gasteiger charge is 2.20. The van der Waals surface area contributed by atoms with E-state index in [-0.39, 0.29) is 5.82 Å². The Balaban J connectivity index is 2.65. The van der Waals surface area contributed by atoms with Crippen LogP contribution < -0.4 is 0 Å². The van der Waals surface area contributed by atoms with Gasteiger partial charge in [-0.05, 0) is 38.1 Å². The normalized spacial score (nSPS) is 13.9. The molecule has 0 amide bonds. The molecule has 0 aliphatic heterocycles. The van der Waals surface area contributed by atoms with Crippen LogP contribution in [0.3, 0.4) is 0 Å². The van der Waals surface area contributed by atoms with Crippen LogP contribution in [0.4, 0.5) is 4.39 Å². The molecule has 0 heterocycles. The van der Waals surface area contributed by atoms with Gasteiger partial charge in [0, 0.05) is 13.1 Å². The Morgan fingerprint density at radius 2 is 2.06 bits per heavy atom. The molecule has 1 aromatic carbocycles. The third-order valence-corrected chi connectivity index (χ3v) is 2.72. The standard InChI is InChI=1S/C14H22FNO2/c1-4-16(10-14(2,3)18)9-13(17)11-6-5-7-12(15)8-11/h5-8,13,17-18H,4,9-10H2,1-3H3. The van der Waals surface area contributed by atoms with Crippen molar-refractivity contribution in [3.8, 4) is 0 Å². The molecule has 18 heavy (non-hydrogen) atoms. The van der Waals surface area contributed by atoms with E-state index in [0.717, 1.165) is 6.54 Å². The Kier molecular flexibility index (Phi) is 5.26. The molecule has 1 atom stereocenters. The van der Waals surface area contributed by atoms with E-state index < -0.39 is 11.7 Å². The first-order valence-electron chi connectivity index (χ1n) is 6.20. The number of aliphatic hydroxyl groups is 2. The number of nitrogens with zero attached hydrogens (tertiary/aromatic N) is 1. The summed E-state index contributed by atoms with van der Waals surface area (Å²) in [5, 5.41) is 19.8. The smallest absolute Gasteiger partial charge is 0.123 e. The van der Waals surface area contributed by atoms with Gasteiger partial charge in [-0.15, -0.1) is 0 Å². The van der Waals surface area contributed by atoms with Gasteiger partial charge in [0.25, 0.3) is 0 Å². The van der Waals surface area contributed by atoms with E-state index in [4.69, 9.17) is 0 Å². The highest BCUT2D eigenvalue weighted by Crippen LogP contribution is 2.16. The summed E-state index contributed by atoms with van der Waals surface area (Å²) in [7, 11) is 0. The number of likely N-dealkylation sites (N-methyl/N-ethyl adjacent to an activating group) is 1. The lowest BCUT2D eigenvalue weighted by atomic mass is 10.1. The molecule has 0 spiro atoms. The van der Waals surface area contributed by atoms with E-state index in [2.05, 4.69) is 0 Å². The summed E-state index contributed by atoms with van der Waals surface area (Å²) in [4.78, 5) is 1.94. The van der Waals surface area contributed by atoms with Crippen molar-refractivity contribution in [2.75, 3.05) is 19.6 Å². The summed E-state index contributed by atoms with van der Waals surface area (Å²) in [6.45, 7) is 6.98. The molecule has 0 aliphatic rings. The largest absolute Gasteiger partial charge is 0.389 e. The quantitative estimate of drug-likeness (QED) is 0.816. The topological polar surface area (TPSA) is 43.7 Å². The molecule has 0 saturated heterocycles. The molecule has 1 unspecified atom stereocenters. The summed E-state index contributed by atoms with van der Waals surface area (Å²) >= 11 is 0. The van der Waals surface area contributed by atoms with Gasteiger partial charge in [0.1, 0.15) is 5.82 Å². The fourth-order valence-electron chi connectivity index (χ4n) is 1.92. The second-order valence-electron chi connectivity index (χ2n) is 5.21. The van der Waals surface area contributed by atoms with Crippen LogP contribution >= 0.6 is 0 Å². The van der Waals surface area contributed by atoms with E-state index in [1.54, 1.807) is 26.0 Å². The van der Waals surface area contributed by atoms with E-state index >= 15 is 0 Å². The molecule has 1 rings (SSSR count). The Hall–Kier alpha value is -0.970. The molecular weight excluding hydrogens is 233 g/mol. The summed E-state index contributed by atoms with van der Waals surface area (Å²) in [5.41, 5.74) is -0.248. The van der Waals surface area contributed by atoms with Crippen molar-refractivity contribution >= 4 is 0 Å². The number of halogens is 1. The predicted molar refractivity (Wildman–Crippen MR) is 69.8 cm³/mol. The Morgan fingerprint density at radius 3 is 2.56 bits per heavy atom. The number of rotatable bonds is 6. The van der Waals surface area contributed by atoms with Crippen LogP contribution in [0.5, 0.6) is 0 Å². The van der Waals surface area contributed by atoms with Gasteiger partial charge < -0.3 is 10.2 Å². The van der Waals surface area contributed by atoms with Gasteiger partial charge in [0.15, 0.2) is 0 Å². The molecule has 0 saturated carbocycles. The fraction of sp³-hybridized carbons (Fsp3) is 0.571. The molecule has 0 radical (unpaired) electrons. The zero-order valence-corrected chi connectivity index (χ0v) is 11.2. The number of hydrogen-bond acceptors (Lipinski definition) is 3. The van der Waals surface area contributed by atoms with Gasteiger partial charge in [0.05, 0.1) is 11.7 Å². The van der Waals surface area contributed by atoms with E-state index in [0.29, 0.717) is 18.7 Å². The van der Waals surface area contributed by atoms with Crippen molar-refractivity contribution in [2.24, 2.45) is 0 Å². The molecule has 0 aliphatic carbocycles. The van der Waals surface area contributed by atoms with Crippen molar-refractivity contribution in [1.29, 1.82) is 0 Å². The average molecular weight is 255 g/mol. The Bertz CT molecular complexity index is 376. The van der Waals surface area contributed by atoms with Gasteiger partial charge >= 0.3 is 0 Å². The highest BCUT2D eigenvalue weighted by molar-refractivity contribution is 5.19. The second-order valence-corrected chi connectivity index (χ2v) is 5.21. The van der Waals surface area contributed by atoms with Crippen molar-refractivity contribution in [1.82, 2.24) is 4.90 Å². The summed E-state index contributed by atoms with van der Waals surface area (Å²) < 4.78 is 13.1. The van der Waals surface area contributed by atoms with Crippen molar-refractivity contribution in [2.45, 2.75) is 32.5 Å². The maximum atomic E-state index is 13.1. The Morgan fingerprint density at radius 1 is 1.39 bits per heavy atom. The lowest BCUT2D eigenvalue weighted by Crippen LogP contribution is -2.40. The average Bonchev–Trinajstić information content (AvgIpc) is 2.26. The van der Waals surface area contributed by atoms with Crippen molar-refractivity contribution in [3.05, 3.63) is 35.6 Å². The first-order chi connectivity index (χ1) is 8.31. The minimum Gasteiger partial charge on any atom is -0.389 e. The fourth-order valence-corrected chi connectivity index (χ4v) is 1.92. The van der Waals surface area contributed by atoms with Crippen LogP contribution in [0, 0.1) is 5.82 Å². The predicted octanol–water partition coefficient (Wildman–Crippen LogP) is 1.95. The van der Waals surface area contributed by atoms with Crippen LogP contribution in [0.1, 0.15) is 32.4 Å². The van der Waals surface area contributed by atoms with Gasteiger partial charge in [-0.1, -0.05) is 19.1 Å². The lowest BCUT2D eigenvalue weighted by Gasteiger charge is -2.29. The Labute approximate surface area is 108 Å². The van der Waals surface area contributed by atoms with Gasteiger partial charge in [-0.2, -0.15) is 0 Å². The third kappa shape index (κ3) is 5.12. The molecule has 1 aromatic rings. The second kappa shape index (κ2) is 6.27. The molecular formula is C14H22FNO2. The van der Waals surface area contributed by atoms with Gasteiger partial charge in [-0.3, -0.25) is 4.90 Å². The molecule has 0 fully saturated rings. The number of aliphatic hydroxyl groups excluding tert-OH is 1. The highest BCUT2D eigenvalue weighted by atomic mass is 19.1. The molecule has 4 heteroatoms. The van der Waals surface area contributed by atoms with Gasteiger partial charge in [0.2, 0.25) is 0 Å². The van der Waals surface area contributed by atoms with E-state index in [1.807, 2.05) is 11.8 Å². The molecule has 0 bridgehead atoms. The maximum Gasteiger partial charge on any atom is 0.123 e. The zero-order chi connectivity index (χ0) is 13.8. The number of hydrogen-bond donors (Lipinski definition) is 2. The minimum absolute atomic E-state index is 0.350. The maximum absolute atomic E-state index is 13.1. The molecule has 3 nitrogen and oxygen atoms in total. The molecule has 102 valence electrons. The SMILES string of the molecule is CCN(CC(O)c1cccc(F)c1)CC(C)(C)O. The first kappa shape index (κ1) is 15.1. The molecule has 0 aromatic heterocycles. The van der Waals surface area contributed by atoms with E-state index in [1.165, 1.54) is 12.1 Å². The zero-order valence-electron chi connectivity index (χ0n) is 11.2. The summed E-state index contributed by atoms with van der Waals surface area (Å²) in [6.07, 6.45) is -0.747. The third-order valence-electron chi connectivity index (χ3n) is 2.72. The van der Waals surface area contributed by atoms with Crippen LogP contribution in [-0.4, -0.2) is 40.3 Å². The van der Waals surface area contributed by atoms with Crippen LogP contribution in [0.15, 0.2) is 24.3 Å². The van der Waals surface area contributed by atoms with Crippen LogP contribution in [0.2, 0.25) is 0 Å². The van der Waals surface area contributed by atoms with Crippen molar-refractivity contribution in [3.63, 3.8) is 0 Å². The van der Waals surface area contributed by atoms with Crippen LogP contribution in [-0.2, 0) is 0 Å². The van der Waals surface area contributed by atoms with Crippen molar-refractivity contribution < 1.29 is 14.6 Å². The number of benzene rings is 1. The summed E-state index contributed by atoms with van der Waals surface area (Å²) in [5.74, 6) is -0.350. The summed E-state index contributed by atoms with van der Waals surface area (Å²) in [6, 6.07) is 5.97. The van der Waals surface area contributed by atoms with Crippen LogP contribution in [0.25, 0.3) is 0 Å². The lowest BCUT2D eigenvalue weighted by molar-refractivity contribution is 0.0202. The molecule has 2 N–H and O–H groups in total. The van der Waals surface area contributed by atoms with Gasteiger partial charge in [-0.25, -0.2) is 4.39 Å². The first-order valence-corrected chi connectivity index (χ1v) is 6.20. The minimum atomic E-state index is -0.808. The van der Waals surface area contributed by atoms with E-state index in [9.17, 15) is 14.6 Å². The monoisotopic (exact) mass is 255 g/mol.